The van der Waals surface area contributed by atoms with Crippen LogP contribution in [0.3, 0.4) is 0 Å². The summed E-state index contributed by atoms with van der Waals surface area (Å²) < 4.78 is 5.50. The molecule has 1 fully saturated rings. The molecule has 0 unspecified atom stereocenters. The molecule has 1 N–H and O–H groups in total. The van der Waals surface area contributed by atoms with E-state index >= 15 is 0 Å². The summed E-state index contributed by atoms with van der Waals surface area (Å²) in [5.74, 6) is 0.675. The van der Waals surface area contributed by atoms with E-state index in [9.17, 15) is 0 Å². The molecule has 1 aromatic heterocycles. The molecule has 0 amide bonds. The zero-order valence-corrected chi connectivity index (χ0v) is 7.64. The fourth-order valence-corrected chi connectivity index (χ4v) is 1.82. The van der Waals surface area contributed by atoms with Crippen molar-refractivity contribution >= 4 is 11.3 Å². The quantitative estimate of drug-likeness (QED) is 0.764. The largest absolute Gasteiger partial charge is 0.470 e. The van der Waals surface area contributed by atoms with Crippen molar-refractivity contribution in [2.75, 3.05) is 19.7 Å². The van der Waals surface area contributed by atoms with Gasteiger partial charge in [0.15, 0.2) is 0 Å². The predicted molar refractivity (Wildman–Crippen MR) is 48.6 cm³/mol. The van der Waals surface area contributed by atoms with Gasteiger partial charge < -0.3 is 10.1 Å². The molecule has 0 radical (unpaired) electrons. The zero-order valence-electron chi connectivity index (χ0n) is 6.82. The van der Waals surface area contributed by atoms with Gasteiger partial charge in [-0.1, -0.05) is 11.3 Å². The standard InChI is InChI=1S/C8H12N2OS/c1-2-9-5-7(1)6-11-8-10-3-4-12-8/h3-4,7,9H,1-2,5-6H2/t7-/m0/s1. The summed E-state index contributed by atoms with van der Waals surface area (Å²) in [7, 11) is 0. The third-order valence-corrected chi connectivity index (χ3v) is 2.70. The maximum absolute atomic E-state index is 5.50. The highest BCUT2D eigenvalue weighted by Crippen LogP contribution is 2.16. The Bertz CT molecular complexity index is 219. The van der Waals surface area contributed by atoms with Crippen LogP contribution in [0, 0.1) is 5.92 Å². The van der Waals surface area contributed by atoms with Gasteiger partial charge in [0, 0.05) is 24.0 Å². The Morgan fingerprint density at radius 2 is 2.75 bits per heavy atom. The first-order valence-electron chi connectivity index (χ1n) is 4.18. The molecule has 0 spiro atoms. The van der Waals surface area contributed by atoms with Crippen molar-refractivity contribution in [3.63, 3.8) is 0 Å². The third kappa shape index (κ3) is 1.95. The van der Waals surface area contributed by atoms with E-state index in [-0.39, 0.29) is 0 Å². The van der Waals surface area contributed by atoms with Crippen LogP contribution in [-0.2, 0) is 0 Å². The Balaban J connectivity index is 1.74. The molecule has 0 bridgehead atoms. The molecule has 0 aromatic carbocycles. The van der Waals surface area contributed by atoms with Gasteiger partial charge in [-0.2, -0.15) is 0 Å². The highest BCUT2D eigenvalue weighted by atomic mass is 32.1. The molecule has 2 rings (SSSR count). The Morgan fingerprint density at radius 1 is 1.75 bits per heavy atom. The number of rotatable bonds is 3. The SMILES string of the molecule is c1csc(OC[C@H]2CCNC2)n1. The first-order valence-corrected chi connectivity index (χ1v) is 5.06. The summed E-state index contributed by atoms with van der Waals surface area (Å²) >= 11 is 1.55. The van der Waals surface area contributed by atoms with Gasteiger partial charge in [-0.15, -0.1) is 0 Å². The average molecular weight is 184 g/mol. The Morgan fingerprint density at radius 3 is 3.42 bits per heavy atom. The van der Waals surface area contributed by atoms with E-state index in [2.05, 4.69) is 10.3 Å². The van der Waals surface area contributed by atoms with Crippen LogP contribution in [0.2, 0.25) is 0 Å². The molecule has 0 saturated carbocycles. The lowest BCUT2D eigenvalue weighted by molar-refractivity contribution is 0.259. The molecule has 2 heterocycles. The maximum atomic E-state index is 5.50. The molecular weight excluding hydrogens is 172 g/mol. The number of nitrogens with zero attached hydrogens (tertiary/aromatic N) is 1. The number of hydrogen-bond acceptors (Lipinski definition) is 4. The van der Waals surface area contributed by atoms with Crippen LogP contribution in [0.5, 0.6) is 5.19 Å². The molecule has 1 aromatic rings. The molecule has 1 saturated heterocycles. The van der Waals surface area contributed by atoms with E-state index in [0.717, 1.165) is 24.9 Å². The minimum absolute atomic E-state index is 0.675. The third-order valence-electron chi connectivity index (χ3n) is 2.01. The van der Waals surface area contributed by atoms with Gasteiger partial charge in [0.1, 0.15) is 0 Å². The lowest BCUT2D eigenvalue weighted by atomic mass is 10.1. The highest BCUT2D eigenvalue weighted by Gasteiger charge is 2.15. The molecule has 3 nitrogen and oxygen atoms in total. The van der Waals surface area contributed by atoms with Gasteiger partial charge in [0.25, 0.3) is 5.19 Å². The number of nitrogens with one attached hydrogen (secondary N) is 1. The Labute approximate surface area is 75.8 Å². The van der Waals surface area contributed by atoms with Crippen LogP contribution in [0.25, 0.3) is 0 Å². The molecule has 1 atom stereocenters. The summed E-state index contributed by atoms with van der Waals surface area (Å²) in [6, 6.07) is 0. The smallest absolute Gasteiger partial charge is 0.273 e. The molecule has 12 heavy (non-hydrogen) atoms. The molecule has 0 aliphatic carbocycles. The van der Waals surface area contributed by atoms with Gasteiger partial charge in [0.2, 0.25) is 0 Å². The lowest BCUT2D eigenvalue weighted by Crippen LogP contribution is -2.15. The van der Waals surface area contributed by atoms with Crippen molar-refractivity contribution in [1.82, 2.24) is 10.3 Å². The minimum Gasteiger partial charge on any atom is -0.470 e. The minimum atomic E-state index is 0.675. The molecule has 66 valence electrons. The van der Waals surface area contributed by atoms with Crippen LogP contribution >= 0.6 is 11.3 Å². The number of aromatic nitrogens is 1. The summed E-state index contributed by atoms with van der Waals surface area (Å²) in [4.78, 5) is 4.05. The highest BCUT2D eigenvalue weighted by molar-refractivity contribution is 7.11. The second-order valence-electron chi connectivity index (χ2n) is 2.97. The lowest BCUT2D eigenvalue weighted by Gasteiger charge is -2.07. The van der Waals surface area contributed by atoms with Crippen molar-refractivity contribution in [2.45, 2.75) is 6.42 Å². The maximum Gasteiger partial charge on any atom is 0.273 e. The predicted octanol–water partition coefficient (Wildman–Crippen LogP) is 1.13. The summed E-state index contributed by atoms with van der Waals surface area (Å²) in [6.45, 7) is 3.03. The van der Waals surface area contributed by atoms with Gasteiger partial charge >= 0.3 is 0 Å². The molecule has 1 aliphatic heterocycles. The van der Waals surface area contributed by atoms with Crippen molar-refractivity contribution in [1.29, 1.82) is 0 Å². The fourth-order valence-electron chi connectivity index (χ4n) is 1.33. The van der Waals surface area contributed by atoms with Gasteiger partial charge in [-0.05, 0) is 13.0 Å². The Kier molecular flexibility index (Phi) is 2.58. The van der Waals surface area contributed by atoms with Crippen molar-refractivity contribution in [3.8, 4) is 5.19 Å². The number of hydrogen-bond donors (Lipinski definition) is 1. The van der Waals surface area contributed by atoms with Crippen LogP contribution in [0.1, 0.15) is 6.42 Å². The number of ether oxygens (including phenoxy) is 1. The molecular formula is C8H12N2OS. The summed E-state index contributed by atoms with van der Waals surface area (Å²) in [5.41, 5.74) is 0. The monoisotopic (exact) mass is 184 g/mol. The number of thiazole rings is 1. The first-order chi connectivity index (χ1) is 5.95. The van der Waals surface area contributed by atoms with E-state index in [1.165, 1.54) is 6.42 Å². The van der Waals surface area contributed by atoms with E-state index in [4.69, 9.17) is 4.74 Å². The van der Waals surface area contributed by atoms with Crippen molar-refractivity contribution < 1.29 is 4.74 Å². The van der Waals surface area contributed by atoms with Gasteiger partial charge in [-0.3, -0.25) is 0 Å². The van der Waals surface area contributed by atoms with Crippen LogP contribution in [0.4, 0.5) is 0 Å². The average Bonchev–Trinajstić information content (AvgIpc) is 2.74. The summed E-state index contributed by atoms with van der Waals surface area (Å²) in [5, 5.41) is 6.03. The van der Waals surface area contributed by atoms with Gasteiger partial charge in [-0.25, -0.2) is 4.98 Å². The second-order valence-corrected chi connectivity index (χ2v) is 3.82. The molecule has 1 aliphatic rings. The van der Waals surface area contributed by atoms with Crippen LogP contribution in [0.15, 0.2) is 11.6 Å². The summed E-state index contributed by atoms with van der Waals surface area (Å²) in [6.07, 6.45) is 3.00. The fraction of sp³-hybridized carbons (Fsp3) is 0.625. The molecule has 4 heteroatoms. The van der Waals surface area contributed by atoms with Crippen LogP contribution < -0.4 is 10.1 Å². The van der Waals surface area contributed by atoms with Gasteiger partial charge in [0.05, 0.1) is 6.61 Å². The van der Waals surface area contributed by atoms with E-state index in [1.54, 1.807) is 17.5 Å². The van der Waals surface area contributed by atoms with Crippen molar-refractivity contribution in [3.05, 3.63) is 11.6 Å². The zero-order chi connectivity index (χ0) is 8.23. The normalized spacial score (nSPS) is 22.8. The van der Waals surface area contributed by atoms with Crippen LogP contribution in [-0.4, -0.2) is 24.7 Å². The van der Waals surface area contributed by atoms with E-state index in [0.29, 0.717) is 5.92 Å². The van der Waals surface area contributed by atoms with Crippen molar-refractivity contribution in [2.24, 2.45) is 5.92 Å². The van der Waals surface area contributed by atoms with E-state index < -0.39 is 0 Å². The topological polar surface area (TPSA) is 34.1 Å². The second kappa shape index (κ2) is 3.87. The Hall–Kier alpha value is -0.610. The van der Waals surface area contributed by atoms with E-state index in [1.807, 2.05) is 5.38 Å². The first kappa shape index (κ1) is 8.01.